The van der Waals surface area contributed by atoms with Crippen molar-refractivity contribution in [3.05, 3.63) is 191 Å². The van der Waals surface area contributed by atoms with Crippen LogP contribution in [0.1, 0.15) is 33.4 Å². The SMILES string of the molecule is Cc1ccc(C(O)(c2ccc(C)cc2)C(O)(c2ccc(-c3ccccc3)cc2)c2ccc(-c3ccccc3)cc2)cc1. The van der Waals surface area contributed by atoms with E-state index in [0.717, 1.165) is 33.4 Å². The fourth-order valence-corrected chi connectivity index (χ4v) is 5.83. The first-order chi connectivity index (χ1) is 20.4. The Balaban J connectivity index is 1.59. The lowest BCUT2D eigenvalue weighted by Gasteiger charge is -2.45. The first kappa shape index (κ1) is 27.4. The smallest absolute Gasteiger partial charge is 0.152 e. The van der Waals surface area contributed by atoms with Crippen molar-refractivity contribution in [2.24, 2.45) is 0 Å². The normalized spacial score (nSPS) is 11.8. The van der Waals surface area contributed by atoms with Gasteiger partial charge in [-0.05, 0) is 58.4 Å². The molecule has 0 heterocycles. The minimum Gasteiger partial charge on any atom is -0.377 e. The van der Waals surface area contributed by atoms with E-state index in [0.29, 0.717) is 22.3 Å². The molecule has 0 bridgehead atoms. The van der Waals surface area contributed by atoms with E-state index in [2.05, 4.69) is 24.3 Å². The Kier molecular flexibility index (Phi) is 7.34. The van der Waals surface area contributed by atoms with Crippen LogP contribution in [0.15, 0.2) is 158 Å². The number of hydrogen-bond acceptors (Lipinski definition) is 2. The predicted molar refractivity (Wildman–Crippen MR) is 172 cm³/mol. The second-order valence-corrected chi connectivity index (χ2v) is 11.0. The Morgan fingerprint density at radius 1 is 0.310 bits per heavy atom. The van der Waals surface area contributed by atoms with Gasteiger partial charge >= 0.3 is 0 Å². The molecule has 0 aliphatic heterocycles. The van der Waals surface area contributed by atoms with Crippen LogP contribution in [0, 0.1) is 13.8 Å². The minimum absolute atomic E-state index is 0.596. The summed E-state index contributed by atoms with van der Waals surface area (Å²) in [6.45, 7) is 4.04. The third-order valence-corrected chi connectivity index (χ3v) is 8.28. The van der Waals surface area contributed by atoms with Crippen LogP contribution in [-0.2, 0) is 11.2 Å². The molecule has 0 radical (unpaired) electrons. The van der Waals surface area contributed by atoms with Crippen molar-refractivity contribution >= 4 is 0 Å². The Labute approximate surface area is 248 Å². The topological polar surface area (TPSA) is 40.5 Å². The van der Waals surface area contributed by atoms with Crippen LogP contribution < -0.4 is 0 Å². The van der Waals surface area contributed by atoms with Crippen LogP contribution in [0.4, 0.5) is 0 Å². The highest BCUT2D eigenvalue weighted by atomic mass is 16.4. The Hall–Kier alpha value is -4.76. The average molecular weight is 547 g/mol. The molecule has 0 atom stereocenters. The van der Waals surface area contributed by atoms with Crippen molar-refractivity contribution in [2.45, 2.75) is 25.0 Å². The summed E-state index contributed by atoms with van der Waals surface area (Å²) in [5.74, 6) is 0. The van der Waals surface area contributed by atoms with Crippen molar-refractivity contribution in [3.8, 4) is 22.3 Å². The van der Waals surface area contributed by atoms with Gasteiger partial charge in [-0.25, -0.2) is 0 Å². The van der Waals surface area contributed by atoms with Gasteiger partial charge in [-0.3, -0.25) is 0 Å². The van der Waals surface area contributed by atoms with E-state index in [1.807, 2.05) is 147 Å². The lowest BCUT2D eigenvalue weighted by Crippen LogP contribution is -2.51. The molecule has 6 aromatic carbocycles. The molecule has 42 heavy (non-hydrogen) atoms. The second kappa shape index (κ2) is 11.3. The van der Waals surface area contributed by atoms with E-state index in [1.165, 1.54) is 0 Å². The van der Waals surface area contributed by atoms with Crippen LogP contribution in [-0.4, -0.2) is 10.2 Å². The molecule has 2 nitrogen and oxygen atoms in total. The largest absolute Gasteiger partial charge is 0.377 e. The van der Waals surface area contributed by atoms with Gasteiger partial charge in [0.25, 0.3) is 0 Å². The maximum Gasteiger partial charge on any atom is 0.152 e. The summed E-state index contributed by atoms with van der Waals surface area (Å²) in [5.41, 5.74) is 5.18. The second-order valence-electron chi connectivity index (χ2n) is 11.0. The molecule has 0 saturated heterocycles. The Bertz CT molecular complexity index is 1620. The molecule has 6 aromatic rings. The van der Waals surface area contributed by atoms with Crippen LogP contribution >= 0.6 is 0 Å². The molecular formula is C40H34O2. The summed E-state index contributed by atoms with van der Waals surface area (Å²) in [6.07, 6.45) is 0. The zero-order valence-corrected chi connectivity index (χ0v) is 23.9. The minimum atomic E-state index is -1.83. The van der Waals surface area contributed by atoms with E-state index in [-0.39, 0.29) is 0 Å². The molecule has 0 aromatic heterocycles. The molecule has 0 spiro atoms. The van der Waals surface area contributed by atoms with Gasteiger partial charge in [0.15, 0.2) is 11.2 Å². The highest BCUT2D eigenvalue weighted by Crippen LogP contribution is 2.50. The number of aryl methyl sites for hydroxylation is 2. The maximum atomic E-state index is 13.2. The highest BCUT2D eigenvalue weighted by molar-refractivity contribution is 5.66. The lowest BCUT2D eigenvalue weighted by molar-refractivity contribution is -0.113. The van der Waals surface area contributed by atoms with Crippen LogP contribution in [0.2, 0.25) is 0 Å². The van der Waals surface area contributed by atoms with Crippen molar-refractivity contribution in [1.82, 2.24) is 0 Å². The molecule has 0 aliphatic carbocycles. The summed E-state index contributed by atoms with van der Waals surface area (Å²) in [4.78, 5) is 0. The third kappa shape index (κ3) is 4.86. The van der Waals surface area contributed by atoms with Crippen LogP contribution in [0.25, 0.3) is 22.3 Å². The molecular weight excluding hydrogens is 512 g/mol. The fourth-order valence-electron chi connectivity index (χ4n) is 5.83. The molecule has 0 fully saturated rings. The summed E-state index contributed by atoms with van der Waals surface area (Å²) >= 11 is 0. The van der Waals surface area contributed by atoms with Crippen molar-refractivity contribution in [3.63, 3.8) is 0 Å². The van der Waals surface area contributed by atoms with Gasteiger partial charge in [-0.15, -0.1) is 0 Å². The van der Waals surface area contributed by atoms with Gasteiger partial charge in [0, 0.05) is 0 Å². The Morgan fingerprint density at radius 2 is 0.548 bits per heavy atom. The van der Waals surface area contributed by atoms with Gasteiger partial charge < -0.3 is 10.2 Å². The number of hydrogen-bond donors (Lipinski definition) is 2. The Morgan fingerprint density at radius 3 is 0.833 bits per heavy atom. The molecule has 6 rings (SSSR count). The van der Waals surface area contributed by atoms with Crippen LogP contribution in [0.3, 0.4) is 0 Å². The average Bonchev–Trinajstić information content (AvgIpc) is 3.05. The van der Waals surface area contributed by atoms with E-state index >= 15 is 0 Å². The first-order valence-electron chi connectivity index (χ1n) is 14.3. The van der Waals surface area contributed by atoms with Gasteiger partial charge in [0.2, 0.25) is 0 Å². The standard InChI is InChI=1S/C40H34O2/c1-29-13-21-35(22-14-29)39(41,36-23-15-30(2)16-24-36)40(42,37-25-17-33(18-26-37)31-9-5-3-6-10-31)38-27-19-34(20-28-38)32-11-7-4-8-12-32/h3-28,41-42H,1-2H3. The quantitative estimate of drug-likeness (QED) is 0.210. The summed E-state index contributed by atoms with van der Waals surface area (Å²) in [6, 6.07) is 51.7. The lowest BCUT2D eigenvalue weighted by atomic mass is 9.66. The monoisotopic (exact) mass is 546 g/mol. The van der Waals surface area contributed by atoms with Gasteiger partial charge in [0.1, 0.15) is 0 Å². The summed E-state index contributed by atoms with van der Waals surface area (Å²) < 4.78 is 0. The van der Waals surface area contributed by atoms with Gasteiger partial charge in [0.05, 0.1) is 0 Å². The van der Waals surface area contributed by atoms with E-state index in [9.17, 15) is 10.2 Å². The van der Waals surface area contributed by atoms with Crippen molar-refractivity contribution in [2.75, 3.05) is 0 Å². The van der Waals surface area contributed by atoms with Crippen molar-refractivity contribution in [1.29, 1.82) is 0 Å². The first-order valence-corrected chi connectivity index (χ1v) is 14.3. The highest BCUT2D eigenvalue weighted by Gasteiger charge is 2.54. The number of benzene rings is 6. The van der Waals surface area contributed by atoms with Crippen molar-refractivity contribution < 1.29 is 10.2 Å². The molecule has 0 aliphatic rings. The third-order valence-electron chi connectivity index (χ3n) is 8.28. The summed E-state index contributed by atoms with van der Waals surface area (Å²) in [7, 11) is 0. The maximum absolute atomic E-state index is 13.2. The number of aliphatic hydroxyl groups is 2. The van der Waals surface area contributed by atoms with E-state index in [4.69, 9.17) is 0 Å². The molecule has 206 valence electrons. The van der Waals surface area contributed by atoms with Crippen LogP contribution in [0.5, 0.6) is 0 Å². The number of rotatable bonds is 7. The summed E-state index contributed by atoms with van der Waals surface area (Å²) in [5, 5.41) is 26.3. The van der Waals surface area contributed by atoms with E-state index < -0.39 is 11.2 Å². The molecule has 2 heteroatoms. The molecule has 0 saturated carbocycles. The zero-order valence-electron chi connectivity index (χ0n) is 23.9. The van der Waals surface area contributed by atoms with Gasteiger partial charge in [-0.2, -0.15) is 0 Å². The fraction of sp³-hybridized carbons (Fsp3) is 0.100. The predicted octanol–water partition coefficient (Wildman–Crippen LogP) is 8.81. The molecule has 0 amide bonds. The molecule has 0 unspecified atom stereocenters. The zero-order chi connectivity index (χ0) is 29.2. The van der Waals surface area contributed by atoms with E-state index in [1.54, 1.807) is 0 Å². The van der Waals surface area contributed by atoms with Gasteiger partial charge in [-0.1, -0.05) is 169 Å². The molecule has 2 N–H and O–H groups in total.